The molecule has 0 aliphatic carbocycles. The summed E-state index contributed by atoms with van der Waals surface area (Å²) in [5.41, 5.74) is 1.63. The van der Waals surface area contributed by atoms with E-state index in [2.05, 4.69) is 9.97 Å². The molecule has 0 radical (unpaired) electrons. The molecule has 0 saturated heterocycles. The largest absolute Gasteiger partial charge is 0.508 e. The summed E-state index contributed by atoms with van der Waals surface area (Å²) in [6.07, 6.45) is 5.87. The number of carbonyl (C=O) groups excluding carboxylic acids is 1. The Kier molecular flexibility index (Phi) is 4.24. The molecule has 92 valence electrons. The van der Waals surface area contributed by atoms with Gasteiger partial charge < -0.3 is 9.47 Å². The lowest BCUT2D eigenvalue weighted by molar-refractivity contribution is 0.0445. The Bertz CT molecular complexity index is 443. The summed E-state index contributed by atoms with van der Waals surface area (Å²) in [4.78, 5) is 19.1. The minimum absolute atomic E-state index is 0.152. The van der Waals surface area contributed by atoms with Gasteiger partial charge in [0.15, 0.2) is 0 Å². The minimum atomic E-state index is -0.706. The molecule has 5 heteroatoms. The number of rotatable bonds is 4. The van der Waals surface area contributed by atoms with E-state index in [9.17, 15) is 4.79 Å². The number of pyridine rings is 2. The molecule has 0 fully saturated rings. The van der Waals surface area contributed by atoms with Gasteiger partial charge in [-0.3, -0.25) is 9.97 Å². The van der Waals surface area contributed by atoms with E-state index in [0.29, 0.717) is 0 Å². The van der Waals surface area contributed by atoms with E-state index in [4.69, 9.17) is 9.47 Å². The molecule has 0 bridgehead atoms. The molecular weight excluding hydrogens is 232 g/mol. The summed E-state index contributed by atoms with van der Waals surface area (Å²) >= 11 is 0. The van der Waals surface area contributed by atoms with Crippen molar-refractivity contribution in [1.82, 2.24) is 9.97 Å². The molecule has 2 rings (SSSR count). The zero-order valence-corrected chi connectivity index (χ0v) is 9.65. The van der Waals surface area contributed by atoms with Gasteiger partial charge in [-0.25, -0.2) is 4.79 Å². The van der Waals surface area contributed by atoms with Crippen LogP contribution in [0.2, 0.25) is 0 Å². The van der Waals surface area contributed by atoms with Crippen molar-refractivity contribution >= 4 is 6.16 Å². The quantitative estimate of drug-likeness (QED) is 0.772. The molecule has 0 unspecified atom stereocenters. The Morgan fingerprint density at radius 1 is 0.944 bits per heavy atom. The summed E-state index contributed by atoms with van der Waals surface area (Å²) in [7, 11) is 0. The first kappa shape index (κ1) is 12.0. The number of ether oxygens (including phenoxy) is 2. The predicted molar refractivity (Wildman–Crippen MR) is 63.4 cm³/mol. The van der Waals surface area contributed by atoms with Gasteiger partial charge in [0.1, 0.15) is 13.2 Å². The van der Waals surface area contributed by atoms with E-state index in [1.54, 1.807) is 36.9 Å². The van der Waals surface area contributed by atoms with Gasteiger partial charge in [-0.15, -0.1) is 0 Å². The minimum Gasteiger partial charge on any atom is -0.429 e. The smallest absolute Gasteiger partial charge is 0.429 e. The molecule has 0 atom stereocenters. The van der Waals surface area contributed by atoms with Gasteiger partial charge >= 0.3 is 6.16 Å². The van der Waals surface area contributed by atoms with Crippen molar-refractivity contribution in [2.24, 2.45) is 0 Å². The van der Waals surface area contributed by atoms with E-state index in [1.807, 2.05) is 12.1 Å². The molecule has 0 aromatic carbocycles. The van der Waals surface area contributed by atoms with E-state index < -0.39 is 6.16 Å². The van der Waals surface area contributed by atoms with Gasteiger partial charge in [0.25, 0.3) is 0 Å². The first-order valence-electron chi connectivity index (χ1n) is 5.42. The molecule has 0 aliphatic rings. The van der Waals surface area contributed by atoms with E-state index in [-0.39, 0.29) is 13.2 Å². The highest BCUT2D eigenvalue weighted by atomic mass is 16.7. The van der Waals surface area contributed by atoms with E-state index >= 15 is 0 Å². The number of hydrogen-bond donors (Lipinski definition) is 0. The monoisotopic (exact) mass is 244 g/mol. The Balaban J connectivity index is 1.73. The van der Waals surface area contributed by atoms with Crippen LogP contribution in [0.3, 0.4) is 0 Å². The number of aromatic nitrogens is 2. The lowest BCUT2D eigenvalue weighted by atomic mass is 10.3. The van der Waals surface area contributed by atoms with Crippen LogP contribution in [0.15, 0.2) is 49.1 Å². The first-order valence-corrected chi connectivity index (χ1v) is 5.42. The molecule has 0 aliphatic heterocycles. The third-order valence-electron chi connectivity index (χ3n) is 2.16. The van der Waals surface area contributed by atoms with Crippen LogP contribution in [0.5, 0.6) is 0 Å². The fraction of sp³-hybridized carbons (Fsp3) is 0.154. The van der Waals surface area contributed by atoms with Crippen molar-refractivity contribution in [2.45, 2.75) is 13.2 Å². The maximum Gasteiger partial charge on any atom is 0.508 e. The van der Waals surface area contributed by atoms with Crippen LogP contribution in [0, 0.1) is 0 Å². The summed E-state index contributed by atoms with van der Waals surface area (Å²) in [6.45, 7) is 0.305. The number of carbonyl (C=O) groups is 1. The zero-order chi connectivity index (χ0) is 12.6. The van der Waals surface area contributed by atoms with Crippen molar-refractivity contribution < 1.29 is 14.3 Å². The molecular formula is C13H12N2O3. The van der Waals surface area contributed by atoms with Gasteiger partial charge in [0.05, 0.1) is 0 Å². The zero-order valence-electron chi connectivity index (χ0n) is 9.65. The fourth-order valence-electron chi connectivity index (χ4n) is 1.29. The first-order chi connectivity index (χ1) is 8.84. The van der Waals surface area contributed by atoms with E-state index in [1.165, 1.54) is 0 Å². The average molecular weight is 244 g/mol. The van der Waals surface area contributed by atoms with Gasteiger partial charge in [0.2, 0.25) is 0 Å². The topological polar surface area (TPSA) is 61.3 Å². The molecule has 5 nitrogen and oxygen atoms in total. The van der Waals surface area contributed by atoms with Crippen LogP contribution in [0.1, 0.15) is 11.1 Å². The Morgan fingerprint density at radius 3 is 1.83 bits per heavy atom. The SMILES string of the molecule is O=C(OCc1cccnc1)OCc1cccnc1. The normalized spacial score (nSPS) is 9.78. The van der Waals surface area contributed by atoms with Crippen LogP contribution >= 0.6 is 0 Å². The van der Waals surface area contributed by atoms with Gasteiger partial charge in [0, 0.05) is 35.9 Å². The molecule has 0 spiro atoms. The molecule has 0 saturated carbocycles. The summed E-state index contributed by atoms with van der Waals surface area (Å²) in [5, 5.41) is 0. The average Bonchev–Trinajstić information content (AvgIpc) is 2.45. The van der Waals surface area contributed by atoms with Crippen LogP contribution in [-0.4, -0.2) is 16.1 Å². The van der Waals surface area contributed by atoms with Gasteiger partial charge in [-0.05, 0) is 12.1 Å². The van der Waals surface area contributed by atoms with Crippen molar-refractivity contribution in [3.8, 4) is 0 Å². The summed E-state index contributed by atoms with van der Waals surface area (Å²) < 4.78 is 9.86. The second-order valence-electron chi connectivity index (χ2n) is 3.55. The summed E-state index contributed by atoms with van der Waals surface area (Å²) in [5.74, 6) is 0. The second kappa shape index (κ2) is 6.34. The van der Waals surface area contributed by atoms with Gasteiger partial charge in [-0.1, -0.05) is 12.1 Å². The lowest BCUT2D eigenvalue weighted by Gasteiger charge is -2.05. The van der Waals surface area contributed by atoms with E-state index in [0.717, 1.165) is 11.1 Å². The number of nitrogens with zero attached hydrogens (tertiary/aromatic N) is 2. The highest BCUT2D eigenvalue weighted by molar-refractivity contribution is 5.59. The highest BCUT2D eigenvalue weighted by Gasteiger charge is 2.04. The lowest BCUT2D eigenvalue weighted by Crippen LogP contribution is -2.07. The molecule has 0 amide bonds. The maximum absolute atomic E-state index is 11.3. The Morgan fingerprint density at radius 2 is 1.44 bits per heavy atom. The van der Waals surface area contributed by atoms with Crippen LogP contribution in [0.25, 0.3) is 0 Å². The van der Waals surface area contributed by atoms with Crippen molar-refractivity contribution in [2.75, 3.05) is 0 Å². The third kappa shape index (κ3) is 3.86. The van der Waals surface area contributed by atoms with Crippen molar-refractivity contribution in [3.63, 3.8) is 0 Å². The second-order valence-corrected chi connectivity index (χ2v) is 3.55. The number of hydrogen-bond acceptors (Lipinski definition) is 5. The Labute approximate surface area is 104 Å². The van der Waals surface area contributed by atoms with Crippen LogP contribution < -0.4 is 0 Å². The van der Waals surface area contributed by atoms with Crippen molar-refractivity contribution in [1.29, 1.82) is 0 Å². The van der Waals surface area contributed by atoms with Gasteiger partial charge in [-0.2, -0.15) is 0 Å². The molecule has 0 N–H and O–H groups in total. The predicted octanol–water partition coefficient (Wildman–Crippen LogP) is 2.33. The molecule has 18 heavy (non-hydrogen) atoms. The van der Waals surface area contributed by atoms with Crippen LogP contribution in [0.4, 0.5) is 4.79 Å². The molecule has 2 aromatic heterocycles. The maximum atomic E-state index is 11.3. The highest BCUT2D eigenvalue weighted by Crippen LogP contribution is 2.02. The molecule has 2 aromatic rings. The summed E-state index contributed by atoms with van der Waals surface area (Å²) in [6, 6.07) is 7.20. The third-order valence-corrected chi connectivity index (χ3v) is 2.16. The fourth-order valence-corrected chi connectivity index (χ4v) is 1.29. The Hall–Kier alpha value is -2.43. The molecule has 2 heterocycles. The van der Waals surface area contributed by atoms with Crippen molar-refractivity contribution in [3.05, 3.63) is 60.2 Å². The van der Waals surface area contributed by atoms with Crippen LogP contribution in [-0.2, 0) is 22.7 Å². The standard InChI is InChI=1S/C13H12N2O3/c16-13(17-9-11-3-1-5-14-7-11)18-10-12-4-2-6-15-8-12/h1-8H,9-10H2.